The zero-order valence-corrected chi connectivity index (χ0v) is 15.3. The van der Waals surface area contributed by atoms with Crippen LogP contribution >= 0.6 is 11.3 Å². The van der Waals surface area contributed by atoms with Gasteiger partial charge in [0, 0.05) is 17.5 Å². The normalized spacial score (nSPS) is 16.8. The number of fused-ring (bicyclic) bond motifs is 1. The molecule has 2 aliphatic rings. The van der Waals surface area contributed by atoms with E-state index < -0.39 is 0 Å². The molecule has 5 heteroatoms. The lowest BCUT2D eigenvalue weighted by atomic mass is 9.94. The fourth-order valence-electron chi connectivity index (χ4n) is 3.76. The van der Waals surface area contributed by atoms with Gasteiger partial charge >= 0.3 is 0 Å². The minimum atomic E-state index is 0.173. The van der Waals surface area contributed by atoms with Gasteiger partial charge in [0.05, 0.1) is 4.88 Å². The maximum absolute atomic E-state index is 13.0. The molecular weight excluding hydrogens is 334 g/mol. The monoisotopic (exact) mass is 357 g/mol. The molecule has 1 aliphatic heterocycles. The summed E-state index contributed by atoms with van der Waals surface area (Å²) >= 11 is 1.56. The van der Waals surface area contributed by atoms with Crippen molar-refractivity contribution in [1.82, 2.24) is 4.90 Å². The van der Waals surface area contributed by atoms with Crippen LogP contribution in [0.2, 0.25) is 0 Å². The second-order valence-electron chi connectivity index (χ2n) is 6.61. The Kier molecular flexibility index (Phi) is 4.66. The zero-order chi connectivity index (χ0) is 17.2. The molecule has 4 rings (SSSR count). The molecule has 1 fully saturated rings. The number of carbonyl (C=O) groups excluding carboxylic acids is 1. The van der Waals surface area contributed by atoms with Gasteiger partial charge in [-0.2, -0.15) is 0 Å². The highest BCUT2D eigenvalue weighted by Crippen LogP contribution is 2.38. The highest BCUT2D eigenvalue weighted by Gasteiger charge is 2.26. The van der Waals surface area contributed by atoms with E-state index in [4.69, 9.17) is 9.47 Å². The van der Waals surface area contributed by atoms with E-state index in [-0.39, 0.29) is 12.7 Å². The van der Waals surface area contributed by atoms with Crippen LogP contribution in [0.15, 0.2) is 30.3 Å². The first-order chi connectivity index (χ1) is 12.3. The van der Waals surface area contributed by atoms with Crippen LogP contribution in [0.3, 0.4) is 0 Å². The van der Waals surface area contributed by atoms with Crippen molar-refractivity contribution in [2.24, 2.45) is 0 Å². The number of carbonyl (C=O) groups is 1. The minimum Gasteiger partial charge on any atom is -0.454 e. The van der Waals surface area contributed by atoms with Gasteiger partial charge in [-0.3, -0.25) is 4.79 Å². The molecule has 1 aromatic heterocycles. The van der Waals surface area contributed by atoms with Gasteiger partial charge in [-0.25, -0.2) is 0 Å². The van der Waals surface area contributed by atoms with Crippen LogP contribution in [-0.2, 0) is 0 Å². The Morgan fingerprint density at radius 2 is 1.92 bits per heavy atom. The topological polar surface area (TPSA) is 38.8 Å². The van der Waals surface area contributed by atoms with E-state index in [1.54, 1.807) is 11.3 Å². The van der Waals surface area contributed by atoms with Crippen molar-refractivity contribution in [1.29, 1.82) is 0 Å². The van der Waals surface area contributed by atoms with Gasteiger partial charge in [0.15, 0.2) is 11.5 Å². The highest BCUT2D eigenvalue weighted by molar-refractivity contribution is 7.17. The first-order valence-corrected chi connectivity index (χ1v) is 9.88. The smallest absolute Gasteiger partial charge is 0.264 e. The fourth-order valence-corrected chi connectivity index (χ4v) is 4.72. The van der Waals surface area contributed by atoms with Gasteiger partial charge in [-0.15, -0.1) is 11.3 Å². The Balaban J connectivity index is 1.54. The molecular formula is C20H23NO3S. The number of amides is 1. The summed E-state index contributed by atoms with van der Waals surface area (Å²) in [5.74, 6) is 1.73. The molecule has 0 spiro atoms. The van der Waals surface area contributed by atoms with Crippen LogP contribution < -0.4 is 9.47 Å². The molecule has 0 N–H and O–H groups in total. The molecule has 1 amide bonds. The second-order valence-corrected chi connectivity index (χ2v) is 7.70. The molecule has 4 nitrogen and oxygen atoms in total. The molecule has 0 unspecified atom stereocenters. The largest absolute Gasteiger partial charge is 0.454 e. The first-order valence-electron chi connectivity index (χ1n) is 9.07. The van der Waals surface area contributed by atoms with Crippen LogP contribution in [0, 0.1) is 0 Å². The number of benzene rings is 1. The number of hydrogen-bond acceptors (Lipinski definition) is 4. The van der Waals surface area contributed by atoms with E-state index in [1.807, 2.05) is 30.3 Å². The Labute approximate surface area is 152 Å². The number of ether oxygens (including phenoxy) is 2. The predicted molar refractivity (Wildman–Crippen MR) is 99.5 cm³/mol. The van der Waals surface area contributed by atoms with E-state index >= 15 is 0 Å². The molecule has 0 saturated heterocycles. The molecule has 2 aromatic rings. The lowest BCUT2D eigenvalue weighted by Gasteiger charge is -2.33. The minimum absolute atomic E-state index is 0.173. The molecule has 0 bridgehead atoms. The summed E-state index contributed by atoms with van der Waals surface area (Å²) in [5, 5.41) is 0. The predicted octanol–water partition coefficient (Wildman–Crippen LogP) is 4.94. The third-order valence-corrected chi connectivity index (χ3v) is 6.21. The number of thiophene rings is 1. The summed E-state index contributed by atoms with van der Waals surface area (Å²) in [4.78, 5) is 17.0. The summed E-state index contributed by atoms with van der Waals surface area (Å²) < 4.78 is 10.8. The van der Waals surface area contributed by atoms with Crippen LogP contribution in [0.4, 0.5) is 0 Å². The van der Waals surface area contributed by atoms with Crippen molar-refractivity contribution in [3.63, 3.8) is 0 Å². The molecule has 1 aromatic carbocycles. The van der Waals surface area contributed by atoms with Gasteiger partial charge < -0.3 is 14.4 Å². The Bertz CT molecular complexity index is 764. The van der Waals surface area contributed by atoms with E-state index in [0.29, 0.717) is 6.04 Å². The number of nitrogens with zero attached hydrogens (tertiary/aromatic N) is 1. The summed E-state index contributed by atoms with van der Waals surface area (Å²) in [7, 11) is 0. The van der Waals surface area contributed by atoms with Crippen molar-refractivity contribution in [2.45, 2.75) is 45.1 Å². The van der Waals surface area contributed by atoms with Gasteiger partial charge in [0.1, 0.15) is 0 Å². The maximum Gasteiger partial charge on any atom is 0.264 e. The SMILES string of the molecule is CCN(C(=O)c1ccc(-c2ccc3c(c2)OCO3)s1)C1CCCCC1. The Hall–Kier alpha value is -2.01. The van der Waals surface area contributed by atoms with Crippen molar-refractivity contribution in [3.8, 4) is 21.9 Å². The first kappa shape index (κ1) is 16.5. The molecule has 0 radical (unpaired) electrons. The van der Waals surface area contributed by atoms with Gasteiger partial charge in [-0.05, 0) is 55.7 Å². The molecule has 1 saturated carbocycles. The van der Waals surface area contributed by atoms with E-state index in [0.717, 1.165) is 46.2 Å². The van der Waals surface area contributed by atoms with E-state index in [1.165, 1.54) is 19.3 Å². The van der Waals surface area contributed by atoms with Crippen molar-refractivity contribution < 1.29 is 14.3 Å². The average Bonchev–Trinajstić information content (AvgIpc) is 3.32. The van der Waals surface area contributed by atoms with Crippen LogP contribution in [-0.4, -0.2) is 30.2 Å². The lowest BCUT2D eigenvalue weighted by Crippen LogP contribution is -2.40. The maximum atomic E-state index is 13.0. The van der Waals surface area contributed by atoms with Crippen LogP contribution in [0.1, 0.15) is 48.7 Å². The van der Waals surface area contributed by atoms with E-state index in [2.05, 4.69) is 11.8 Å². The summed E-state index contributed by atoms with van der Waals surface area (Å²) in [6, 6.07) is 10.3. The quantitative estimate of drug-likeness (QED) is 0.778. The van der Waals surface area contributed by atoms with Gasteiger partial charge in [-0.1, -0.05) is 19.3 Å². The summed E-state index contributed by atoms with van der Waals surface area (Å²) in [6.07, 6.45) is 6.05. The Morgan fingerprint density at radius 3 is 2.72 bits per heavy atom. The molecule has 1 aliphatic carbocycles. The van der Waals surface area contributed by atoms with Crippen molar-refractivity contribution in [2.75, 3.05) is 13.3 Å². The second kappa shape index (κ2) is 7.08. The highest BCUT2D eigenvalue weighted by atomic mass is 32.1. The third-order valence-electron chi connectivity index (χ3n) is 5.09. The summed E-state index contributed by atoms with van der Waals surface area (Å²) in [5.41, 5.74) is 1.06. The van der Waals surface area contributed by atoms with E-state index in [9.17, 15) is 4.79 Å². The molecule has 132 valence electrons. The molecule has 2 heterocycles. The van der Waals surface area contributed by atoms with Gasteiger partial charge in [0.25, 0.3) is 5.91 Å². The number of rotatable bonds is 4. The lowest BCUT2D eigenvalue weighted by molar-refractivity contribution is 0.0653. The van der Waals surface area contributed by atoms with Crippen LogP contribution in [0.25, 0.3) is 10.4 Å². The van der Waals surface area contributed by atoms with Gasteiger partial charge in [0.2, 0.25) is 6.79 Å². The zero-order valence-electron chi connectivity index (χ0n) is 14.5. The average molecular weight is 357 g/mol. The Morgan fingerprint density at radius 1 is 1.12 bits per heavy atom. The van der Waals surface area contributed by atoms with Crippen molar-refractivity contribution >= 4 is 17.2 Å². The van der Waals surface area contributed by atoms with Crippen molar-refractivity contribution in [3.05, 3.63) is 35.2 Å². The molecule has 25 heavy (non-hydrogen) atoms. The number of hydrogen-bond donors (Lipinski definition) is 0. The van der Waals surface area contributed by atoms with Crippen LogP contribution in [0.5, 0.6) is 11.5 Å². The summed E-state index contributed by atoms with van der Waals surface area (Å²) in [6.45, 7) is 3.14. The molecule has 0 atom stereocenters. The standard InChI is InChI=1S/C20H23NO3S/c1-2-21(15-6-4-3-5-7-15)20(22)19-11-10-18(25-19)14-8-9-16-17(12-14)24-13-23-16/h8-12,15H,2-7,13H2,1H3. The fraction of sp³-hybridized carbons (Fsp3) is 0.450. The third kappa shape index (κ3) is 3.25.